The number of esters is 1. The fraction of sp³-hybridized carbons (Fsp3) is 0.296. The van der Waals surface area contributed by atoms with E-state index in [0.717, 1.165) is 11.1 Å². The molecule has 3 aromatic carbocycles. The van der Waals surface area contributed by atoms with Crippen molar-refractivity contribution in [3.8, 4) is 0 Å². The third-order valence-electron chi connectivity index (χ3n) is 6.66. The summed E-state index contributed by atoms with van der Waals surface area (Å²) in [5.41, 5.74) is 0.740. The zero-order chi connectivity index (χ0) is 24.3. The lowest BCUT2D eigenvalue weighted by Crippen LogP contribution is -2.55. The van der Waals surface area contributed by atoms with E-state index in [9.17, 15) is 13.2 Å². The SMILES string of the molecule is Cc1ccc(S(=O)(=O)N2CCC(C(=O)OCc3ccccc3)(c3ccccc3F)C(C)C2)cc1. The Morgan fingerprint density at radius 3 is 2.32 bits per heavy atom. The van der Waals surface area contributed by atoms with E-state index < -0.39 is 33.1 Å². The minimum atomic E-state index is -3.75. The molecule has 1 heterocycles. The van der Waals surface area contributed by atoms with Gasteiger partial charge in [-0.1, -0.05) is 73.2 Å². The number of halogens is 1. The van der Waals surface area contributed by atoms with Crippen LogP contribution in [-0.4, -0.2) is 31.8 Å². The van der Waals surface area contributed by atoms with Crippen molar-refractivity contribution >= 4 is 16.0 Å². The number of piperidine rings is 1. The monoisotopic (exact) mass is 481 g/mol. The van der Waals surface area contributed by atoms with E-state index in [1.165, 1.54) is 10.4 Å². The number of carbonyl (C=O) groups is 1. The molecule has 5 nitrogen and oxygen atoms in total. The molecule has 0 N–H and O–H groups in total. The normalized spacial score (nSPS) is 21.2. The number of rotatable bonds is 6. The fourth-order valence-electron chi connectivity index (χ4n) is 4.67. The van der Waals surface area contributed by atoms with Gasteiger partial charge < -0.3 is 4.74 Å². The minimum absolute atomic E-state index is 0.0635. The molecule has 0 amide bonds. The fourth-order valence-corrected chi connectivity index (χ4v) is 6.20. The third kappa shape index (κ3) is 4.50. The van der Waals surface area contributed by atoms with Crippen molar-refractivity contribution in [2.75, 3.05) is 13.1 Å². The Labute approximate surface area is 200 Å². The summed E-state index contributed by atoms with van der Waals surface area (Å²) in [6.45, 7) is 3.89. The van der Waals surface area contributed by atoms with Crippen LogP contribution in [0.1, 0.15) is 30.0 Å². The molecule has 4 rings (SSSR count). The predicted octanol–water partition coefficient (Wildman–Crippen LogP) is 4.85. The van der Waals surface area contributed by atoms with E-state index in [0.29, 0.717) is 0 Å². The Hall–Kier alpha value is -3.03. The summed E-state index contributed by atoms with van der Waals surface area (Å²) in [4.78, 5) is 13.8. The van der Waals surface area contributed by atoms with E-state index in [2.05, 4.69) is 0 Å². The average Bonchev–Trinajstić information content (AvgIpc) is 2.84. The Morgan fingerprint density at radius 2 is 1.68 bits per heavy atom. The van der Waals surface area contributed by atoms with Crippen LogP contribution in [0.5, 0.6) is 0 Å². The first-order chi connectivity index (χ1) is 16.2. The molecule has 0 bridgehead atoms. The van der Waals surface area contributed by atoms with Gasteiger partial charge in [-0.2, -0.15) is 4.31 Å². The lowest BCUT2D eigenvalue weighted by molar-refractivity contribution is -0.156. The highest BCUT2D eigenvalue weighted by atomic mass is 32.2. The van der Waals surface area contributed by atoms with Crippen LogP contribution >= 0.6 is 0 Å². The van der Waals surface area contributed by atoms with Crippen LogP contribution in [0.4, 0.5) is 4.39 Å². The van der Waals surface area contributed by atoms with Gasteiger partial charge in [-0.05, 0) is 43.0 Å². The molecule has 1 aliphatic heterocycles. The van der Waals surface area contributed by atoms with E-state index in [1.54, 1.807) is 49.4 Å². The molecule has 0 saturated carbocycles. The molecule has 34 heavy (non-hydrogen) atoms. The van der Waals surface area contributed by atoms with Crippen LogP contribution < -0.4 is 0 Å². The molecule has 2 unspecified atom stereocenters. The second-order valence-corrected chi connectivity index (χ2v) is 10.8. The van der Waals surface area contributed by atoms with Gasteiger partial charge in [0.15, 0.2) is 0 Å². The first-order valence-corrected chi connectivity index (χ1v) is 12.7. The summed E-state index contributed by atoms with van der Waals surface area (Å²) < 4.78 is 48.6. The van der Waals surface area contributed by atoms with Crippen molar-refractivity contribution in [3.63, 3.8) is 0 Å². The van der Waals surface area contributed by atoms with Gasteiger partial charge in [0, 0.05) is 18.7 Å². The van der Waals surface area contributed by atoms with Crippen LogP contribution in [0.25, 0.3) is 0 Å². The molecule has 178 valence electrons. The quantitative estimate of drug-likeness (QED) is 0.473. The summed E-state index contributed by atoms with van der Waals surface area (Å²) in [5.74, 6) is -1.55. The van der Waals surface area contributed by atoms with Gasteiger partial charge in [-0.15, -0.1) is 0 Å². The van der Waals surface area contributed by atoms with Gasteiger partial charge in [0.05, 0.1) is 4.90 Å². The van der Waals surface area contributed by atoms with Crippen molar-refractivity contribution < 1.29 is 22.3 Å². The number of nitrogens with zero attached hydrogens (tertiary/aromatic N) is 1. The molecule has 1 aliphatic rings. The molecule has 1 fully saturated rings. The molecule has 0 spiro atoms. The van der Waals surface area contributed by atoms with Gasteiger partial charge in [0.2, 0.25) is 10.0 Å². The third-order valence-corrected chi connectivity index (χ3v) is 8.54. The van der Waals surface area contributed by atoms with E-state index in [-0.39, 0.29) is 36.6 Å². The maximum atomic E-state index is 15.0. The lowest BCUT2D eigenvalue weighted by atomic mass is 9.66. The highest BCUT2D eigenvalue weighted by Gasteiger charge is 2.52. The topological polar surface area (TPSA) is 63.7 Å². The Bertz CT molecular complexity index is 1260. The number of hydrogen-bond acceptors (Lipinski definition) is 4. The molecule has 0 aliphatic carbocycles. The first-order valence-electron chi connectivity index (χ1n) is 11.3. The second-order valence-electron chi connectivity index (χ2n) is 8.84. The number of carbonyl (C=O) groups excluding carboxylic acids is 1. The maximum Gasteiger partial charge on any atom is 0.317 e. The van der Waals surface area contributed by atoms with Gasteiger partial charge in [-0.3, -0.25) is 4.79 Å². The second kappa shape index (κ2) is 9.68. The van der Waals surface area contributed by atoms with Gasteiger partial charge in [0.25, 0.3) is 0 Å². The van der Waals surface area contributed by atoms with E-state index in [1.807, 2.05) is 37.3 Å². The van der Waals surface area contributed by atoms with Crippen LogP contribution in [0, 0.1) is 18.7 Å². The van der Waals surface area contributed by atoms with Crippen LogP contribution in [0.2, 0.25) is 0 Å². The van der Waals surface area contributed by atoms with Crippen molar-refractivity contribution in [1.29, 1.82) is 0 Å². The molecule has 7 heteroatoms. The van der Waals surface area contributed by atoms with E-state index in [4.69, 9.17) is 4.74 Å². The van der Waals surface area contributed by atoms with Crippen molar-refractivity contribution in [2.24, 2.45) is 5.92 Å². The summed E-state index contributed by atoms with van der Waals surface area (Å²) in [6, 6.07) is 22.1. The molecular weight excluding hydrogens is 453 g/mol. The number of sulfonamides is 1. The molecule has 2 atom stereocenters. The number of aryl methyl sites for hydroxylation is 1. The smallest absolute Gasteiger partial charge is 0.317 e. The number of ether oxygens (including phenoxy) is 1. The van der Waals surface area contributed by atoms with Gasteiger partial charge in [-0.25, -0.2) is 12.8 Å². The summed E-state index contributed by atoms with van der Waals surface area (Å²) in [6.07, 6.45) is 0.119. The largest absolute Gasteiger partial charge is 0.460 e. The van der Waals surface area contributed by atoms with Crippen molar-refractivity contribution in [1.82, 2.24) is 4.31 Å². The van der Waals surface area contributed by atoms with Crippen LogP contribution in [-0.2, 0) is 31.6 Å². The standard InChI is InChI=1S/C27H28FNO4S/c1-20-12-14-23(15-13-20)34(31,32)29-17-16-27(21(2)18-29,24-10-6-7-11-25(24)28)26(30)33-19-22-8-4-3-5-9-22/h3-15,21H,16-19H2,1-2H3. The number of hydrogen-bond donors (Lipinski definition) is 0. The Balaban J connectivity index is 1.64. The van der Waals surface area contributed by atoms with E-state index >= 15 is 4.39 Å². The van der Waals surface area contributed by atoms with Gasteiger partial charge in [0.1, 0.15) is 17.8 Å². The zero-order valence-corrected chi connectivity index (χ0v) is 20.1. The summed E-state index contributed by atoms with van der Waals surface area (Å²) in [7, 11) is -3.75. The first kappa shape index (κ1) is 24.1. The Morgan fingerprint density at radius 1 is 1.03 bits per heavy atom. The average molecular weight is 482 g/mol. The van der Waals surface area contributed by atoms with Crippen LogP contribution in [0.3, 0.4) is 0 Å². The highest BCUT2D eigenvalue weighted by molar-refractivity contribution is 7.89. The molecule has 0 radical (unpaired) electrons. The maximum absolute atomic E-state index is 15.0. The van der Waals surface area contributed by atoms with Crippen molar-refractivity contribution in [2.45, 2.75) is 37.2 Å². The zero-order valence-electron chi connectivity index (χ0n) is 19.3. The van der Waals surface area contributed by atoms with Crippen molar-refractivity contribution in [3.05, 3.63) is 101 Å². The molecular formula is C27H28FNO4S. The highest BCUT2D eigenvalue weighted by Crippen LogP contribution is 2.43. The minimum Gasteiger partial charge on any atom is -0.460 e. The number of benzene rings is 3. The van der Waals surface area contributed by atoms with Gasteiger partial charge >= 0.3 is 5.97 Å². The lowest BCUT2D eigenvalue weighted by Gasteiger charge is -2.44. The Kier molecular flexibility index (Phi) is 6.86. The van der Waals surface area contributed by atoms with Crippen LogP contribution in [0.15, 0.2) is 83.8 Å². The summed E-state index contributed by atoms with van der Waals surface area (Å²) >= 11 is 0. The molecule has 1 saturated heterocycles. The molecule has 3 aromatic rings. The predicted molar refractivity (Wildman–Crippen MR) is 128 cm³/mol. The molecule has 0 aromatic heterocycles. The summed E-state index contributed by atoms with van der Waals surface area (Å²) in [5, 5.41) is 0.